The van der Waals surface area contributed by atoms with E-state index in [1.807, 2.05) is 26.1 Å². The van der Waals surface area contributed by atoms with Crippen LogP contribution in [0.2, 0.25) is 0 Å². The summed E-state index contributed by atoms with van der Waals surface area (Å²) >= 11 is 0. The molecule has 1 unspecified atom stereocenters. The summed E-state index contributed by atoms with van der Waals surface area (Å²) in [6, 6.07) is 5.61. The molecule has 5 heteroatoms. The number of nitrogen functional groups attached to an aromatic ring is 1. The van der Waals surface area contributed by atoms with Crippen LogP contribution in [0.1, 0.15) is 12.0 Å². The highest BCUT2D eigenvalue weighted by atomic mass is 16.2. The van der Waals surface area contributed by atoms with Gasteiger partial charge in [0.25, 0.3) is 0 Å². The van der Waals surface area contributed by atoms with E-state index in [2.05, 4.69) is 22.2 Å². The third-order valence-corrected chi connectivity index (χ3v) is 4.04. The number of carbonyl (C=O) groups is 1. The van der Waals surface area contributed by atoms with Gasteiger partial charge in [0.15, 0.2) is 0 Å². The highest BCUT2D eigenvalue weighted by Gasteiger charge is 2.21. The van der Waals surface area contributed by atoms with Crippen LogP contribution in [0.15, 0.2) is 18.2 Å². The van der Waals surface area contributed by atoms with Crippen molar-refractivity contribution in [3.63, 3.8) is 0 Å². The van der Waals surface area contributed by atoms with Crippen molar-refractivity contribution in [2.75, 3.05) is 51.3 Å². The molecule has 0 aliphatic carbocycles. The Balaban J connectivity index is 1.79. The zero-order valence-electron chi connectivity index (χ0n) is 13.2. The molecule has 1 saturated heterocycles. The summed E-state index contributed by atoms with van der Waals surface area (Å²) in [6.07, 6.45) is 1.22. The number of benzene rings is 1. The largest absolute Gasteiger partial charge is 0.398 e. The summed E-state index contributed by atoms with van der Waals surface area (Å²) in [5.41, 5.74) is 8.34. The van der Waals surface area contributed by atoms with E-state index in [4.69, 9.17) is 5.73 Å². The van der Waals surface area contributed by atoms with Crippen molar-refractivity contribution in [3.05, 3.63) is 23.8 Å². The molecule has 1 amide bonds. The Morgan fingerprint density at radius 3 is 2.90 bits per heavy atom. The van der Waals surface area contributed by atoms with Crippen LogP contribution in [-0.4, -0.2) is 56.0 Å². The normalized spacial score (nSPS) is 19.1. The smallest absolute Gasteiger partial charge is 0.238 e. The van der Waals surface area contributed by atoms with E-state index in [9.17, 15) is 4.79 Å². The first-order valence-electron chi connectivity index (χ1n) is 7.47. The van der Waals surface area contributed by atoms with Crippen LogP contribution < -0.4 is 11.1 Å². The summed E-state index contributed by atoms with van der Waals surface area (Å²) < 4.78 is 0. The number of hydrogen-bond donors (Lipinski definition) is 2. The Bertz CT molecular complexity index is 503. The van der Waals surface area contributed by atoms with Gasteiger partial charge in [-0.3, -0.25) is 9.69 Å². The monoisotopic (exact) mass is 290 g/mol. The first kappa shape index (κ1) is 15.8. The molecule has 1 aromatic rings. The number of likely N-dealkylation sites (N-methyl/N-ethyl adjacent to an activating group) is 1. The highest BCUT2D eigenvalue weighted by molar-refractivity contribution is 5.92. The van der Waals surface area contributed by atoms with Gasteiger partial charge in [-0.25, -0.2) is 0 Å². The molecule has 5 nitrogen and oxygen atoms in total. The Hall–Kier alpha value is -1.59. The van der Waals surface area contributed by atoms with Gasteiger partial charge in [0, 0.05) is 24.5 Å². The number of hydrogen-bond acceptors (Lipinski definition) is 4. The molecule has 0 saturated carbocycles. The molecule has 0 bridgehead atoms. The van der Waals surface area contributed by atoms with Gasteiger partial charge in [-0.1, -0.05) is 6.07 Å². The lowest BCUT2D eigenvalue weighted by Gasteiger charge is -2.20. The van der Waals surface area contributed by atoms with Gasteiger partial charge in [0.1, 0.15) is 0 Å². The van der Waals surface area contributed by atoms with Crippen LogP contribution in [0, 0.1) is 12.8 Å². The van der Waals surface area contributed by atoms with Gasteiger partial charge in [0.2, 0.25) is 5.91 Å². The molecule has 0 radical (unpaired) electrons. The fraction of sp³-hybridized carbons (Fsp3) is 0.562. The standard InChI is InChI=1S/C16H26N4O/c1-12-4-5-14(8-15(12)17)18-16(21)11-20(3)10-13-6-7-19(2)9-13/h4-5,8,13H,6-7,9-11,17H2,1-3H3,(H,18,21). The number of nitrogens with two attached hydrogens (primary N) is 1. The molecule has 21 heavy (non-hydrogen) atoms. The lowest BCUT2D eigenvalue weighted by molar-refractivity contribution is -0.117. The highest BCUT2D eigenvalue weighted by Crippen LogP contribution is 2.17. The van der Waals surface area contributed by atoms with Crippen molar-refractivity contribution in [1.29, 1.82) is 0 Å². The quantitative estimate of drug-likeness (QED) is 0.805. The molecule has 2 rings (SSSR count). The number of likely N-dealkylation sites (tertiary alicyclic amines) is 1. The molecule has 1 aromatic carbocycles. The topological polar surface area (TPSA) is 61.6 Å². The van der Waals surface area contributed by atoms with Crippen LogP contribution in [0.4, 0.5) is 11.4 Å². The molecule has 116 valence electrons. The van der Waals surface area contributed by atoms with E-state index in [-0.39, 0.29) is 5.91 Å². The molecule has 1 atom stereocenters. The van der Waals surface area contributed by atoms with Crippen molar-refractivity contribution >= 4 is 17.3 Å². The number of carbonyl (C=O) groups excluding carboxylic acids is 1. The zero-order valence-corrected chi connectivity index (χ0v) is 13.2. The predicted molar refractivity (Wildman–Crippen MR) is 87.3 cm³/mol. The molecule has 3 N–H and O–H groups in total. The van der Waals surface area contributed by atoms with Crippen molar-refractivity contribution < 1.29 is 4.79 Å². The van der Waals surface area contributed by atoms with Gasteiger partial charge in [0.05, 0.1) is 6.54 Å². The Labute approximate surface area is 127 Å². The minimum atomic E-state index is 0.00658. The van der Waals surface area contributed by atoms with Crippen LogP contribution in [0.25, 0.3) is 0 Å². The van der Waals surface area contributed by atoms with Crippen LogP contribution in [-0.2, 0) is 4.79 Å². The SMILES string of the molecule is Cc1ccc(NC(=O)CN(C)CC2CCN(C)C2)cc1N. The average molecular weight is 290 g/mol. The zero-order chi connectivity index (χ0) is 15.4. The molecule has 1 heterocycles. The van der Waals surface area contributed by atoms with Gasteiger partial charge in [-0.15, -0.1) is 0 Å². The summed E-state index contributed by atoms with van der Waals surface area (Å²) in [7, 11) is 4.15. The lowest BCUT2D eigenvalue weighted by Crippen LogP contribution is -2.34. The first-order chi connectivity index (χ1) is 9.94. The fourth-order valence-corrected chi connectivity index (χ4v) is 2.84. The molecule has 1 fully saturated rings. The summed E-state index contributed by atoms with van der Waals surface area (Å²) in [5.74, 6) is 0.676. The summed E-state index contributed by atoms with van der Waals surface area (Å²) in [5, 5.41) is 2.90. The second-order valence-electron chi connectivity index (χ2n) is 6.23. The van der Waals surface area contributed by atoms with Crippen LogP contribution in [0.3, 0.4) is 0 Å². The molecular weight excluding hydrogens is 264 g/mol. The number of aryl methyl sites for hydroxylation is 1. The Kier molecular flexibility index (Phi) is 5.20. The Morgan fingerprint density at radius 1 is 1.52 bits per heavy atom. The van der Waals surface area contributed by atoms with Crippen molar-refractivity contribution in [3.8, 4) is 0 Å². The molecule has 1 aliphatic heterocycles. The van der Waals surface area contributed by atoms with E-state index in [1.165, 1.54) is 6.42 Å². The van der Waals surface area contributed by atoms with E-state index in [0.717, 1.165) is 30.9 Å². The maximum atomic E-state index is 12.1. The first-order valence-corrected chi connectivity index (χ1v) is 7.47. The van der Waals surface area contributed by atoms with E-state index < -0.39 is 0 Å². The van der Waals surface area contributed by atoms with Crippen molar-refractivity contribution in [2.45, 2.75) is 13.3 Å². The van der Waals surface area contributed by atoms with E-state index in [1.54, 1.807) is 6.07 Å². The van der Waals surface area contributed by atoms with Gasteiger partial charge >= 0.3 is 0 Å². The predicted octanol–water partition coefficient (Wildman–Crippen LogP) is 1.40. The Morgan fingerprint density at radius 2 is 2.29 bits per heavy atom. The van der Waals surface area contributed by atoms with Gasteiger partial charge in [-0.2, -0.15) is 0 Å². The van der Waals surface area contributed by atoms with E-state index >= 15 is 0 Å². The van der Waals surface area contributed by atoms with Crippen molar-refractivity contribution in [2.24, 2.45) is 5.92 Å². The number of anilines is 2. The summed E-state index contributed by atoms with van der Waals surface area (Å²) in [6.45, 7) is 5.61. The van der Waals surface area contributed by atoms with E-state index in [0.29, 0.717) is 18.2 Å². The number of rotatable bonds is 5. The van der Waals surface area contributed by atoms with Gasteiger partial charge < -0.3 is 16.0 Å². The number of amides is 1. The molecular formula is C16H26N4O. The number of nitrogens with one attached hydrogen (secondary N) is 1. The molecule has 0 aromatic heterocycles. The van der Waals surface area contributed by atoms with Crippen LogP contribution in [0.5, 0.6) is 0 Å². The maximum absolute atomic E-state index is 12.1. The van der Waals surface area contributed by atoms with Crippen LogP contribution >= 0.6 is 0 Å². The minimum Gasteiger partial charge on any atom is -0.398 e. The third-order valence-electron chi connectivity index (χ3n) is 4.04. The van der Waals surface area contributed by atoms with Gasteiger partial charge in [-0.05, 0) is 57.6 Å². The number of nitrogens with zero attached hydrogens (tertiary/aromatic N) is 2. The second-order valence-corrected chi connectivity index (χ2v) is 6.23. The fourth-order valence-electron chi connectivity index (χ4n) is 2.84. The van der Waals surface area contributed by atoms with Crippen molar-refractivity contribution in [1.82, 2.24) is 9.80 Å². The molecule has 1 aliphatic rings. The maximum Gasteiger partial charge on any atom is 0.238 e. The minimum absolute atomic E-state index is 0.00658. The second kappa shape index (κ2) is 6.91. The summed E-state index contributed by atoms with van der Waals surface area (Å²) in [4.78, 5) is 16.5. The molecule has 0 spiro atoms. The average Bonchev–Trinajstić information content (AvgIpc) is 2.79. The third kappa shape index (κ3) is 4.72. The lowest BCUT2D eigenvalue weighted by atomic mass is 10.1.